The van der Waals surface area contributed by atoms with Crippen LogP contribution < -0.4 is 0 Å². The number of halogens is 2. The van der Waals surface area contributed by atoms with Crippen LogP contribution in [0.3, 0.4) is 0 Å². The van der Waals surface area contributed by atoms with E-state index in [4.69, 9.17) is 9.73 Å². The number of nitrogens with zero attached hydrogens (tertiary/aromatic N) is 2. The third-order valence-corrected chi connectivity index (χ3v) is 7.92. The minimum absolute atomic E-state index is 0.0196. The minimum Gasteiger partial charge on any atom is -0.377 e. The standard InChI is InChI=1S/C32H32F2N2O2/c1-32(33,34)25-13-3-20(4-14-25)18-36-19-28-29(24-9-7-22(8-10-24)21-5-6-21)27(17-35-30(28)31(36)37)23-11-15-26(38-2)16-12-23/h3-4,7-15,17,19,21,26,30-31,37H,5-6,16,18H2,1-2H3. The summed E-state index contributed by atoms with van der Waals surface area (Å²) < 4.78 is 32.8. The number of rotatable bonds is 7. The Labute approximate surface area is 222 Å². The van der Waals surface area contributed by atoms with Crippen LogP contribution in [0, 0.1) is 0 Å². The minimum atomic E-state index is -2.88. The number of aliphatic hydroxyl groups excluding tert-OH is 1. The average Bonchev–Trinajstić information content (AvgIpc) is 3.73. The smallest absolute Gasteiger partial charge is 0.270 e. The maximum absolute atomic E-state index is 13.7. The van der Waals surface area contributed by atoms with Crippen molar-refractivity contribution in [1.29, 1.82) is 0 Å². The van der Waals surface area contributed by atoms with Gasteiger partial charge in [0.25, 0.3) is 5.92 Å². The number of methoxy groups -OCH3 is 1. The van der Waals surface area contributed by atoms with Crippen LogP contribution in [0.25, 0.3) is 5.57 Å². The molecule has 2 aromatic rings. The molecule has 196 valence electrons. The highest BCUT2D eigenvalue weighted by molar-refractivity contribution is 6.04. The number of ether oxygens (including phenoxy) is 1. The van der Waals surface area contributed by atoms with Gasteiger partial charge in [-0.15, -0.1) is 0 Å². The molecule has 0 saturated heterocycles. The van der Waals surface area contributed by atoms with E-state index in [0.29, 0.717) is 12.5 Å². The Morgan fingerprint density at radius 1 is 1.08 bits per heavy atom. The molecule has 1 N–H and O–H groups in total. The van der Waals surface area contributed by atoms with E-state index in [-0.39, 0.29) is 11.7 Å². The molecule has 4 aliphatic rings. The number of hydrogen-bond donors (Lipinski definition) is 1. The molecule has 38 heavy (non-hydrogen) atoms. The summed E-state index contributed by atoms with van der Waals surface area (Å²) in [6.07, 6.45) is 12.7. The number of aliphatic imine (C=N–C) groups is 1. The molecule has 0 amide bonds. The number of fused-ring (bicyclic) bond motifs is 1. The van der Waals surface area contributed by atoms with Crippen LogP contribution in [0.2, 0.25) is 0 Å². The molecule has 2 aliphatic carbocycles. The molecule has 0 aromatic heterocycles. The monoisotopic (exact) mass is 514 g/mol. The normalized spacial score (nSPS) is 25.0. The molecule has 2 heterocycles. The summed E-state index contributed by atoms with van der Waals surface area (Å²) in [5.41, 5.74) is 7.45. The van der Waals surface area contributed by atoms with Gasteiger partial charge in [0, 0.05) is 49.7 Å². The highest BCUT2D eigenvalue weighted by Gasteiger charge is 2.39. The molecule has 0 bridgehead atoms. The van der Waals surface area contributed by atoms with Crippen molar-refractivity contribution in [2.75, 3.05) is 7.11 Å². The largest absolute Gasteiger partial charge is 0.377 e. The third-order valence-electron chi connectivity index (χ3n) is 7.92. The fourth-order valence-corrected chi connectivity index (χ4v) is 5.53. The average molecular weight is 515 g/mol. The summed E-state index contributed by atoms with van der Waals surface area (Å²) in [6, 6.07) is 14.7. The summed E-state index contributed by atoms with van der Waals surface area (Å²) in [7, 11) is 1.72. The Morgan fingerprint density at radius 3 is 2.42 bits per heavy atom. The lowest BCUT2D eigenvalue weighted by Gasteiger charge is -2.27. The summed E-state index contributed by atoms with van der Waals surface area (Å²) in [5, 5.41) is 11.3. The summed E-state index contributed by atoms with van der Waals surface area (Å²) in [5.74, 6) is -2.20. The molecule has 3 unspecified atom stereocenters. The van der Waals surface area contributed by atoms with E-state index < -0.39 is 18.2 Å². The van der Waals surface area contributed by atoms with E-state index in [1.54, 1.807) is 19.2 Å². The molecule has 0 radical (unpaired) electrons. The SMILES string of the molecule is COC1C=CC(C2=C(c3ccc(C4CC4)cc3)C3=CN(Cc4ccc(C(C)(F)F)cc4)C(O)C3N=C2)=CC1. The number of aliphatic hydroxyl groups is 1. The maximum atomic E-state index is 13.7. The number of hydrogen-bond acceptors (Lipinski definition) is 4. The first kappa shape index (κ1) is 25.0. The van der Waals surface area contributed by atoms with Crippen molar-refractivity contribution in [3.8, 4) is 0 Å². The molecular formula is C32H32F2N2O2. The molecule has 6 rings (SSSR count). The van der Waals surface area contributed by atoms with Crippen molar-refractivity contribution < 1.29 is 18.6 Å². The van der Waals surface area contributed by atoms with Gasteiger partial charge in [0.2, 0.25) is 0 Å². The molecule has 0 spiro atoms. The van der Waals surface area contributed by atoms with E-state index in [9.17, 15) is 13.9 Å². The third kappa shape index (κ3) is 4.79. The van der Waals surface area contributed by atoms with E-state index in [1.165, 1.54) is 30.5 Å². The quantitative estimate of drug-likeness (QED) is 0.459. The van der Waals surface area contributed by atoms with Crippen LogP contribution in [0.15, 0.2) is 94.7 Å². The van der Waals surface area contributed by atoms with Crippen LogP contribution in [0.1, 0.15) is 54.4 Å². The van der Waals surface area contributed by atoms with Gasteiger partial charge in [-0.1, -0.05) is 66.8 Å². The van der Waals surface area contributed by atoms with Crippen molar-refractivity contribution in [3.63, 3.8) is 0 Å². The zero-order chi connectivity index (χ0) is 26.4. The predicted octanol–water partition coefficient (Wildman–Crippen LogP) is 6.50. The van der Waals surface area contributed by atoms with Crippen molar-refractivity contribution in [2.24, 2.45) is 4.99 Å². The lowest BCUT2D eigenvalue weighted by Crippen LogP contribution is -2.35. The molecule has 1 fully saturated rings. The molecule has 6 heteroatoms. The van der Waals surface area contributed by atoms with Gasteiger partial charge < -0.3 is 14.7 Å². The molecule has 4 nitrogen and oxygen atoms in total. The zero-order valence-electron chi connectivity index (χ0n) is 21.6. The second-order valence-corrected chi connectivity index (χ2v) is 10.7. The van der Waals surface area contributed by atoms with E-state index in [2.05, 4.69) is 42.5 Å². The topological polar surface area (TPSA) is 45.1 Å². The fourth-order valence-electron chi connectivity index (χ4n) is 5.53. The summed E-state index contributed by atoms with van der Waals surface area (Å²) >= 11 is 0. The van der Waals surface area contributed by atoms with E-state index >= 15 is 0 Å². The maximum Gasteiger partial charge on any atom is 0.270 e. The molecule has 1 saturated carbocycles. The zero-order valence-corrected chi connectivity index (χ0v) is 21.6. The predicted molar refractivity (Wildman–Crippen MR) is 146 cm³/mol. The van der Waals surface area contributed by atoms with Gasteiger partial charge in [-0.25, -0.2) is 8.78 Å². The van der Waals surface area contributed by atoms with Gasteiger partial charge >= 0.3 is 0 Å². The lowest BCUT2D eigenvalue weighted by atomic mass is 9.83. The van der Waals surface area contributed by atoms with E-state index in [0.717, 1.165) is 46.8 Å². The van der Waals surface area contributed by atoms with Crippen LogP contribution in [0.5, 0.6) is 0 Å². The second-order valence-electron chi connectivity index (χ2n) is 10.7. The van der Waals surface area contributed by atoms with E-state index in [1.807, 2.05) is 17.3 Å². The molecule has 2 aromatic carbocycles. The first-order valence-corrected chi connectivity index (χ1v) is 13.2. The number of benzene rings is 2. The Hall–Kier alpha value is -3.35. The van der Waals surface area contributed by atoms with Crippen molar-refractivity contribution in [1.82, 2.24) is 4.90 Å². The molecule has 2 aliphatic heterocycles. The number of alkyl halides is 2. The highest BCUT2D eigenvalue weighted by Crippen LogP contribution is 2.44. The van der Waals surface area contributed by atoms with Gasteiger partial charge in [0.15, 0.2) is 6.23 Å². The van der Waals surface area contributed by atoms with Crippen LogP contribution >= 0.6 is 0 Å². The highest BCUT2D eigenvalue weighted by atomic mass is 19.3. The molecular weight excluding hydrogens is 482 g/mol. The Balaban J connectivity index is 1.36. The summed E-state index contributed by atoms with van der Waals surface area (Å²) in [6.45, 7) is 1.29. The van der Waals surface area contributed by atoms with Gasteiger partial charge in [0.1, 0.15) is 6.04 Å². The van der Waals surface area contributed by atoms with Gasteiger partial charge in [0.05, 0.1) is 6.10 Å². The van der Waals surface area contributed by atoms with Crippen molar-refractivity contribution >= 4 is 11.8 Å². The lowest BCUT2D eigenvalue weighted by molar-refractivity contribution is 0.0173. The molecule has 3 atom stereocenters. The van der Waals surface area contributed by atoms with Crippen LogP contribution in [-0.4, -0.2) is 41.7 Å². The number of dihydropyridines is 1. The van der Waals surface area contributed by atoms with Gasteiger partial charge in [-0.3, -0.25) is 4.99 Å². The Morgan fingerprint density at radius 2 is 1.82 bits per heavy atom. The fraction of sp³-hybridized carbons (Fsp3) is 0.344. The van der Waals surface area contributed by atoms with Gasteiger partial charge in [-0.2, -0.15) is 0 Å². The van der Waals surface area contributed by atoms with Crippen molar-refractivity contribution in [3.05, 3.63) is 112 Å². The first-order chi connectivity index (χ1) is 18.3. The number of allylic oxidation sites excluding steroid dienone is 3. The summed E-state index contributed by atoms with van der Waals surface area (Å²) in [4.78, 5) is 6.64. The van der Waals surface area contributed by atoms with Crippen LogP contribution in [-0.2, 0) is 17.2 Å². The van der Waals surface area contributed by atoms with Crippen LogP contribution in [0.4, 0.5) is 8.78 Å². The Kier molecular flexibility index (Phi) is 6.40. The van der Waals surface area contributed by atoms with Gasteiger partial charge in [-0.05, 0) is 53.0 Å². The second kappa shape index (κ2) is 9.75. The Bertz CT molecular complexity index is 1360. The first-order valence-electron chi connectivity index (χ1n) is 13.2. The van der Waals surface area contributed by atoms with Crippen molar-refractivity contribution in [2.45, 2.75) is 62.9 Å².